The van der Waals surface area contributed by atoms with Crippen LogP contribution in [-0.2, 0) is 0 Å². The molecule has 0 aliphatic rings. The van der Waals surface area contributed by atoms with E-state index in [1.807, 2.05) is 6.92 Å². The summed E-state index contributed by atoms with van der Waals surface area (Å²) >= 11 is 0. The molecule has 1 unspecified atom stereocenters. The molecule has 1 aromatic carbocycles. The second kappa shape index (κ2) is 6.42. The summed E-state index contributed by atoms with van der Waals surface area (Å²) in [5.41, 5.74) is 6.35. The number of nitrogens with two attached hydrogens (primary N) is 1. The van der Waals surface area contributed by atoms with Gasteiger partial charge in [0.15, 0.2) is 0 Å². The van der Waals surface area contributed by atoms with Crippen LogP contribution in [0.5, 0.6) is 0 Å². The van der Waals surface area contributed by atoms with Crippen LogP contribution in [-0.4, -0.2) is 6.04 Å². The summed E-state index contributed by atoms with van der Waals surface area (Å²) in [5.74, 6) is 0. The molecule has 0 heterocycles. The van der Waals surface area contributed by atoms with Gasteiger partial charge in [0.1, 0.15) is 0 Å². The summed E-state index contributed by atoms with van der Waals surface area (Å²) in [6.07, 6.45) is 0.672. The van der Waals surface area contributed by atoms with Crippen LogP contribution < -0.4 is 11.1 Å². The van der Waals surface area contributed by atoms with Crippen LogP contribution in [0.25, 0.3) is 0 Å². The summed E-state index contributed by atoms with van der Waals surface area (Å²) in [6, 6.07) is 4.79. The van der Waals surface area contributed by atoms with E-state index in [-0.39, 0.29) is 11.6 Å². The molecule has 1 aromatic rings. The highest BCUT2D eigenvalue weighted by atomic mass is 19.3. The standard InChI is InChI=1S/C13H20F2N2/c1-3-4-5-9(2)17-12-7-6-10(16)8-11(12)13(14)15/h6-9,13,17H,3-5,16H2,1-2H3. The van der Waals surface area contributed by atoms with E-state index in [0.29, 0.717) is 11.4 Å². The molecule has 1 rings (SSSR count). The second-order valence-electron chi connectivity index (χ2n) is 4.33. The van der Waals surface area contributed by atoms with Gasteiger partial charge in [0.25, 0.3) is 6.43 Å². The first-order valence-electron chi connectivity index (χ1n) is 5.98. The Morgan fingerprint density at radius 2 is 2.06 bits per heavy atom. The molecule has 0 aromatic heterocycles. The van der Waals surface area contributed by atoms with Gasteiger partial charge >= 0.3 is 0 Å². The fraction of sp³-hybridized carbons (Fsp3) is 0.538. The molecule has 0 saturated heterocycles. The normalized spacial score (nSPS) is 12.8. The zero-order valence-corrected chi connectivity index (χ0v) is 10.3. The van der Waals surface area contributed by atoms with Gasteiger partial charge in [-0.3, -0.25) is 0 Å². The zero-order valence-electron chi connectivity index (χ0n) is 10.3. The maximum absolute atomic E-state index is 12.8. The fourth-order valence-electron chi connectivity index (χ4n) is 1.74. The molecule has 2 nitrogen and oxygen atoms in total. The van der Waals surface area contributed by atoms with Gasteiger partial charge in [0.2, 0.25) is 0 Å². The zero-order chi connectivity index (χ0) is 12.8. The number of alkyl halides is 2. The molecule has 0 fully saturated rings. The summed E-state index contributed by atoms with van der Waals surface area (Å²) in [4.78, 5) is 0. The Balaban J connectivity index is 2.76. The van der Waals surface area contributed by atoms with Crippen LogP contribution in [0, 0.1) is 0 Å². The largest absolute Gasteiger partial charge is 0.399 e. The summed E-state index contributed by atoms with van der Waals surface area (Å²) in [5, 5.41) is 3.12. The van der Waals surface area contributed by atoms with Crippen molar-refractivity contribution in [3.63, 3.8) is 0 Å². The quantitative estimate of drug-likeness (QED) is 0.734. The van der Waals surface area contributed by atoms with Crippen LogP contribution in [0.1, 0.15) is 45.1 Å². The maximum atomic E-state index is 12.8. The number of unbranched alkanes of at least 4 members (excludes halogenated alkanes) is 1. The van der Waals surface area contributed by atoms with Crippen molar-refractivity contribution in [1.82, 2.24) is 0 Å². The first-order chi connectivity index (χ1) is 8.04. The molecule has 0 bridgehead atoms. The molecule has 17 heavy (non-hydrogen) atoms. The average Bonchev–Trinajstić information content (AvgIpc) is 2.28. The predicted molar refractivity (Wildman–Crippen MR) is 68.4 cm³/mol. The van der Waals surface area contributed by atoms with E-state index >= 15 is 0 Å². The molecular weight excluding hydrogens is 222 g/mol. The molecular formula is C13H20F2N2. The molecule has 96 valence electrons. The third kappa shape index (κ3) is 4.21. The molecule has 3 N–H and O–H groups in total. The lowest BCUT2D eigenvalue weighted by Gasteiger charge is -2.18. The minimum atomic E-state index is -2.50. The average molecular weight is 242 g/mol. The predicted octanol–water partition coefficient (Wildman–Crippen LogP) is 4.20. The van der Waals surface area contributed by atoms with Gasteiger partial charge in [-0.25, -0.2) is 8.78 Å². The third-order valence-electron chi connectivity index (χ3n) is 2.70. The monoisotopic (exact) mass is 242 g/mol. The Labute approximate surface area is 101 Å². The number of nitrogen functional groups attached to an aromatic ring is 1. The number of hydrogen-bond donors (Lipinski definition) is 2. The molecule has 0 aliphatic carbocycles. The molecule has 0 amide bonds. The highest BCUT2D eigenvalue weighted by Gasteiger charge is 2.14. The van der Waals surface area contributed by atoms with Crippen molar-refractivity contribution in [2.24, 2.45) is 0 Å². The number of anilines is 2. The van der Waals surface area contributed by atoms with Crippen molar-refractivity contribution in [1.29, 1.82) is 0 Å². The first-order valence-corrected chi connectivity index (χ1v) is 5.98. The van der Waals surface area contributed by atoms with E-state index in [1.54, 1.807) is 12.1 Å². The van der Waals surface area contributed by atoms with Gasteiger partial charge in [0, 0.05) is 23.0 Å². The molecule has 0 aliphatic heterocycles. The van der Waals surface area contributed by atoms with Crippen LogP contribution in [0.15, 0.2) is 18.2 Å². The van der Waals surface area contributed by atoms with Gasteiger partial charge < -0.3 is 11.1 Å². The highest BCUT2D eigenvalue weighted by Crippen LogP contribution is 2.29. The third-order valence-corrected chi connectivity index (χ3v) is 2.70. The summed E-state index contributed by atoms with van der Waals surface area (Å²) in [7, 11) is 0. The molecule has 0 radical (unpaired) electrons. The van der Waals surface area contributed by atoms with E-state index in [0.717, 1.165) is 19.3 Å². The van der Waals surface area contributed by atoms with Crippen molar-refractivity contribution in [3.05, 3.63) is 23.8 Å². The van der Waals surface area contributed by atoms with Crippen molar-refractivity contribution in [2.45, 2.75) is 45.6 Å². The lowest BCUT2D eigenvalue weighted by atomic mass is 10.1. The van der Waals surface area contributed by atoms with Crippen LogP contribution >= 0.6 is 0 Å². The van der Waals surface area contributed by atoms with Crippen LogP contribution in [0.2, 0.25) is 0 Å². The number of benzene rings is 1. The van der Waals surface area contributed by atoms with E-state index < -0.39 is 6.43 Å². The van der Waals surface area contributed by atoms with Crippen molar-refractivity contribution in [2.75, 3.05) is 11.1 Å². The molecule has 0 spiro atoms. The minimum Gasteiger partial charge on any atom is -0.399 e. The van der Waals surface area contributed by atoms with Crippen LogP contribution in [0.4, 0.5) is 20.2 Å². The second-order valence-corrected chi connectivity index (χ2v) is 4.33. The van der Waals surface area contributed by atoms with E-state index in [1.165, 1.54) is 6.07 Å². The van der Waals surface area contributed by atoms with Gasteiger partial charge in [-0.15, -0.1) is 0 Å². The lowest BCUT2D eigenvalue weighted by molar-refractivity contribution is 0.152. The minimum absolute atomic E-state index is 0.0200. The molecule has 1 atom stereocenters. The van der Waals surface area contributed by atoms with Crippen molar-refractivity contribution < 1.29 is 8.78 Å². The van der Waals surface area contributed by atoms with Gasteiger partial charge in [-0.05, 0) is 31.5 Å². The fourth-order valence-corrected chi connectivity index (χ4v) is 1.74. The number of rotatable bonds is 6. The van der Waals surface area contributed by atoms with Gasteiger partial charge in [0.05, 0.1) is 0 Å². The number of halogens is 2. The van der Waals surface area contributed by atoms with Gasteiger partial charge in [-0.2, -0.15) is 0 Å². The summed E-state index contributed by atoms with van der Waals surface area (Å²) in [6.45, 7) is 4.11. The Morgan fingerprint density at radius 1 is 1.35 bits per heavy atom. The molecule has 4 heteroatoms. The Morgan fingerprint density at radius 3 is 2.65 bits per heavy atom. The summed E-state index contributed by atoms with van der Waals surface area (Å²) < 4.78 is 25.6. The van der Waals surface area contributed by atoms with Gasteiger partial charge in [-0.1, -0.05) is 19.8 Å². The lowest BCUT2D eigenvalue weighted by Crippen LogP contribution is -2.16. The Bertz CT molecular complexity index is 353. The van der Waals surface area contributed by atoms with Crippen molar-refractivity contribution in [3.8, 4) is 0 Å². The SMILES string of the molecule is CCCCC(C)Nc1ccc(N)cc1C(F)F. The maximum Gasteiger partial charge on any atom is 0.265 e. The van der Waals surface area contributed by atoms with E-state index in [4.69, 9.17) is 5.73 Å². The van der Waals surface area contributed by atoms with E-state index in [9.17, 15) is 8.78 Å². The Kier molecular flexibility index (Phi) is 5.19. The Hall–Kier alpha value is -1.32. The smallest absolute Gasteiger partial charge is 0.265 e. The van der Waals surface area contributed by atoms with Crippen molar-refractivity contribution >= 4 is 11.4 Å². The molecule has 0 saturated carbocycles. The first kappa shape index (κ1) is 13.7. The number of hydrogen-bond acceptors (Lipinski definition) is 2. The van der Waals surface area contributed by atoms with Crippen LogP contribution in [0.3, 0.4) is 0 Å². The van der Waals surface area contributed by atoms with E-state index in [2.05, 4.69) is 12.2 Å². The highest BCUT2D eigenvalue weighted by molar-refractivity contribution is 5.59. The number of nitrogens with one attached hydrogen (secondary N) is 1. The topological polar surface area (TPSA) is 38.0 Å².